The fourth-order valence-corrected chi connectivity index (χ4v) is 1.47. The lowest BCUT2D eigenvalue weighted by atomic mass is 10.1. The maximum Gasteiger partial charge on any atom is 0.170 e. The maximum absolute atomic E-state index is 13.1. The van der Waals surface area contributed by atoms with Gasteiger partial charge in [0.1, 0.15) is 11.9 Å². The van der Waals surface area contributed by atoms with E-state index in [0.29, 0.717) is 0 Å². The van der Waals surface area contributed by atoms with E-state index in [1.807, 2.05) is 0 Å². The van der Waals surface area contributed by atoms with Gasteiger partial charge in [0.05, 0.1) is 11.1 Å². The molecule has 0 saturated heterocycles. The smallest absolute Gasteiger partial charge is 0.170 e. The van der Waals surface area contributed by atoms with Crippen molar-refractivity contribution < 1.29 is 14.6 Å². The lowest BCUT2D eigenvalue weighted by molar-refractivity contribution is 0.0527. The highest BCUT2D eigenvalue weighted by molar-refractivity contribution is 6.33. The van der Waals surface area contributed by atoms with Crippen LogP contribution in [-0.2, 0) is 0 Å². The molecule has 0 aliphatic rings. The Kier molecular flexibility index (Phi) is 3.89. The van der Waals surface area contributed by atoms with Gasteiger partial charge in [0, 0.05) is 10.6 Å². The highest BCUT2D eigenvalue weighted by atomic mass is 35.5. The SMILES string of the molecule is N#CC(O)C(O)c1cc(Cl)cc(F)c1Cl. The van der Waals surface area contributed by atoms with Gasteiger partial charge in [-0.2, -0.15) is 5.26 Å². The zero-order valence-electron chi connectivity index (χ0n) is 7.28. The van der Waals surface area contributed by atoms with E-state index in [-0.39, 0.29) is 15.6 Å². The van der Waals surface area contributed by atoms with Crippen LogP contribution in [0.4, 0.5) is 4.39 Å². The van der Waals surface area contributed by atoms with Gasteiger partial charge in [-0.3, -0.25) is 0 Å². The second-order valence-electron chi connectivity index (χ2n) is 2.81. The van der Waals surface area contributed by atoms with Crippen molar-refractivity contribution in [3.05, 3.63) is 33.6 Å². The van der Waals surface area contributed by atoms with Crippen LogP contribution in [0, 0.1) is 17.1 Å². The Morgan fingerprint density at radius 1 is 1.33 bits per heavy atom. The van der Waals surface area contributed by atoms with E-state index in [0.717, 1.165) is 6.07 Å². The summed E-state index contributed by atoms with van der Waals surface area (Å²) in [5.41, 5.74) is -0.115. The molecule has 2 N–H and O–H groups in total. The van der Waals surface area contributed by atoms with Crippen molar-refractivity contribution in [3.8, 4) is 6.07 Å². The average molecular weight is 250 g/mol. The van der Waals surface area contributed by atoms with E-state index in [9.17, 15) is 9.50 Å². The second-order valence-corrected chi connectivity index (χ2v) is 3.62. The molecule has 0 aromatic heterocycles. The largest absolute Gasteiger partial charge is 0.384 e. The van der Waals surface area contributed by atoms with E-state index in [1.54, 1.807) is 0 Å². The molecule has 0 radical (unpaired) electrons. The molecule has 0 saturated carbocycles. The fraction of sp³-hybridized carbons (Fsp3) is 0.222. The predicted molar refractivity (Wildman–Crippen MR) is 53.0 cm³/mol. The Hall–Kier alpha value is -0.860. The van der Waals surface area contributed by atoms with Gasteiger partial charge in [-0.1, -0.05) is 23.2 Å². The number of aliphatic hydroxyl groups is 2. The Morgan fingerprint density at radius 3 is 2.47 bits per heavy atom. The first-order chi connectivity index (χ1) is 6.97. The molecule has 1 aromatic carbocycles. The fourth-order valence-electron chi connectivity index (χ4n) is 1.03. The quantitative estimate of drug-likeness (QED) is 0.623. The summed E-state index contributed by atoms with van der Waals surface area (Å²) in [5, 5.41) is 26.5. The summed E-state index contributed by atoms with van der Waals surface area (Å²) < 4.78 is 13.1. The molecule has 0 bridgehead atoms. The van der Waals surface area contributed by atoms with Crippen LogP contribution < -0.4 is 0 Å². The van der Waals surface area contributed by atoms with Gasteiger partial charge in [-0.15, -0.1) is 0 Å². The van der Waals surface area contributed by atoms with E-state index in [1.165, 1.54) is 12.1 Å². The molecule has 1 rings (SSSR count). The number of rotatable bonds is 2. The lowest BCUT2D eigenvalue weighted by Crippen LogP contribution is -2.16. The van der Waals surface area contributed by atoms with Gasteiger partial charge in [-0.25, -0.2) is 4.39 Å². The van der Waals surface area contributed by atoms with Crippen molar-refractivity contribution in [2.75, 3.05) is 0 Å². The number of hydrogen-bond acceptors (Lipinski definition) is 3. The third-order valence-electron chi connectivity index (χ3n) is 1.77. The van der Waals surface area contributed by atoms with Crippen LogP contribution >= 0.6 is 23.2 Å². The molecule has 0 aliphatic heterocycles. The summed E-state index contributed by atoms with van der Waals surface area (Å²) >= 11 is 11.1. The Morgan fingerprint density at radius 2 is 1.93 bits per heavy atom. The van der Waals surface area contributed by atoms with Crippen LogP contribution in [-0.4, -0.2) is 16.3 Å². The topological polar surface area (TPSA) is 64.2 Å². The second kappa shape index (κ2) is 4.77. The highest BCUT2D eigenvalue weighted by Gasteiger charge is 2.22. The van der Waals surface area contributed by atoms with Crippen molar-refractivity contribution in [2.24, 2.45) is 0 Å². The van der Waals surface area contributed by atoms with Crippen molar-refractivity contribution in [2.45, 2.75) is 12.2 Å². The predicted octanol–water partition coefficient (Wildman–Crippen LogP) is 2.05. The molecular weight excluding hydrogens is 244 g/mol. The van der Waals surface area contributed by atoms with E-state index < -0.39 is 18.0 Å². The van der Waals surface area contributed by atoms with Crippen molar-refractivity contribution in [1.82, 2.24) is 0 Å². The Balaban J connectivity index is 3.20. The first-order valence-electron chi connectivity index (χ1n) is 3.87. The summed E-state index contributed by atoms with van der Waals surface area (Å²) in [4.78, 5) is 0. The van der Waals surface area contributed by atoms with Crippen LogP contribution in [0.25, 0.3) is 0 Å². The summed E-state index contributed by atoms with van der Waals surface area (Å²) in [6.07, 6.45) is -3.27. The third kappa shape index (κ3) is 2.58. The maximum atomic E-state index is 13.1. The summed E-state index contributed by atoms with van der Waals surface area (Å²) in [6, 6.07) is 3.57. The van der Waals surface area contributed by atoms with Crippen LogP contribution in [0.3, 0.4) is 0 Å². The Bertz CT molecular complexity index is 419. The van der Waals surface area contributed by atoms with Crippen LogP contribution in [0.5, 0.6) is 0 Å². The molecule has 80 valence electrons. The molecular formula is C9H6Cl2FNO2. The molecule has 2 unspecified atom stereocenters. The minimum Gasteiger partial charge on any atom is -0.384 e. The van der Waals surface area contributed by atoms with Gasteiger partial charge in [-0.05, 0) is 12.1 Å². The van der Waals surface area contributed by atoms with Gasteiger partial charge in [0.2, 0.25) is 0 Å². The van der Waals surface area contributed by atoms with Gasteiger partial charge in [0.15, 0.2) is 6.10 Å². The van der Waals surface area contributed by atoms with Gasteiger partial charge < -0.3 is 10.2 Å². The number of aliphatic hydroxyl groups excluding tert-OH is 2. The van der Waals surface area contributed by atoms with E-state index in [4.69, 9.17) is 33.6 Å². The molecule has 6 heteroatoms. The van der Waals surface area contributed by atoms with Crippen molar-refractivity contribution >= 4 is 23.2 Å². The number of hydrogen-bond donors (Lipinski definition) is 2. The van der Waals surface area contributed by atoms with E-state index >= 15 is 0 Å². The van der Waals surface area contributed by atoms with Crippen LogP contribution in [0.2, 0.25) is 10.0 Å². The van der Waals surface area contributed by atoms with Crippen molar-refractivity contribution in [1.29, 1.82) is 5.26 Å². The summed E-state index contributed by atoms with van der Waals surface area (Å²) in [5.74, 6) is -0.816. The zero-order chi connectivity index (χ0) is 11.6. The molecule has 0 amide bonds. The van der Waals surface area contributed by atoms with Crippen LogP contribution in [0.15, 0.2) is 12.1 Å². The van der Waals surface area contributed by atoms with Crippen LogP contribution in [0.1, 0.15) is 11.7 Å². The minimum atomic E-state index is -1.68. The molecule has 2 atom stereocenters. The molecule has 1 aromatic rings. The lowest BCUT2D eigenvalue weighted by Gasteiger charge is -2.14. The number of nitriles is 1. The normalized spacial score (nSPS) is 14.4. The number of benzene rings is 1. The molecule has 0 heterocycles. The molecule has 0 spiro atoms. The summed E-state index contributed by atoms with van der Waals surface area (Å²) in [7, 11) is 0. The number of nitrogens with zero attached hydrogens (tertiary/aromatic N) is 1. The first kappa shape index (κ1) is 12.2. The van der Waals surface area contributed by atoms with E-state index in [2.05, 4.69) is 0 Å². The summed E-state index contributed by atoms with van der Waals surface area (Å²) in [6.45, 7) is 0. The van der Waals surface area contributed by atoms with Crippen molar-refractivity contribution in [3.63, 3.8) is 0 Å². The van der Waals surface area contributed by atoms with Gasteiger partial charge >= 0.3 is 0 Å². The third-order valence-corrected chi connectivity index (χ3v) is 2.39. The average Bonchev–Trinajstić information content (AvgIpc) is 2.21. The standard InChI is InChI=1S/C9H6Cl2FNO2/c10-4-1-5(8(11)6(12)2-4)9(15)7(14)3-13/h1-2,7,9,14-15H. The molecule has 3 nitrogen and oxygen atoms in total. The molecule has 0 aliphatic carbocycles. The highest BCUT2D eigenvalue weighted by Crippen LogP contribution is 2.30. The minimum absolute atomic E-state index is 0.0242. The first-order valence-corrected chi connectivity index (χ1v) is 4.63. The molecule has 0 fully saturated rings. The molecule has 15 heavy (non-hydrogen) atoms. The zero-order valence-corrected chi connectivity index (χ0v) is 8.80. The monoisotopic (exact) mass is 249 g/mol. The number of halogens is 3. The Labute approximate surface area is 95.3 Å². The van der Waals surface area contributed by atoms with Gasteiger partial charge in [0.25, 0.3) is 0 Å².